The van der Waals surface area contributed by atoms with E-state index >= 15 is 0 Å². The van der Waals surface area contributed by atoms with Crippen molar-refractivity contribution < 1.29 is 23.4 Å². The van der Waals surface area contributed by atoms with Crippen LogP contribution < -0.4 is 0 Å². The first kappa shape index (κ1) is 16.4. The molecule has 1 saturated carbocycles. The van der Waals surface area contributed by atoms with E-state index in [1.54, 1.807) is 6.92 Å². The summed E-state index contributed by atoms with van der Waals surface area (Å²) >= 11 is 5.80. The summed E-state index contributed by atoms with van der Waals surface area (Å²) in [6, 6.07) is 1.55. The number of rotatable bonds is 5. The van der Waals surface area contributed by atoms with Crippen LogP contribution in [0.1, 0.15) is 25.3 Å². The number of hydrogen-bond acceptors (Lipinski definition) is 4. The lowest BCUT2D eigenvalue weighted by molar-refractivity contribution is -0.137. The van der Waals surface area contributed by atoms with Crippen LogP contribution in [0.3, 0.4) is 0 Å². The minimum atomic E-state index is -1.19. The van der Waals surface area contributed by atoms with Crippen LogP contribution in [0.4, 0.5) is 8.78 Å². The van der Waals surface area contributed by atoms with Crippen molar-refractivity contribution in [3.63, 3.8) is 0 Å². The number of ether oxygens (including phenoxy) is 1. The summed E-state index contributed by atoms with van der Waals surface area (Å²) in [7, 11) is 0. The van der Waals surface area contributed by atoms with Crippen molar-refractivity contribution >= 4 is 29.5 Å². The molecule has 1 aromatic rings. The normalized spacial score (nSPS) is 15.8. The molecule has 0 aromatic heterocycles. The van der Waals surface area contributed by atoms with Crippen LogP contribution in [0.5, 0.6) is 0 Å². The van der Waals surface area contributed by atoms with Gasteiger partial charge >= 0.3 is 5.97 Å². The first-order valence-electron chi connectivity index (χ1n) is 6.72. The van der Waals surface area contributed by atoms with E-state index in [4.69, 9.17) is 16.3 Å². The van der Waals surface area contributed by atoms with Crippen molar-refractivity contribution in [2.24, 2.45) is 4.99 Å². The Bertz CT molecular complexity index is 654. The standard InChI is InChI=1S/C15H14ClF2NO3/c1-2-22-15(21)10(7-19-8-3-4-8)14(20)9-5-12(17)13(18)6-11(9)16/h5-8,20H,2-4H2,1H3/b14-10-,19-7?. The zero-order valence-corrected chi connectivity index (χ0v) is 12.5. The lowest BCUT2D eigenvalue weighted by Crippen LogP contribution is -2.12. The van der Waals surface area contributed by atoms with Crippen LogP contribution in [-0.2, 0) is 9.53 Å². The van der Waals surface area contributed by atoms with Gasteiger partial charge in [-0.15, -0.1) is 0 Å². The van der Waals surface area contributed by atoms with Crippen molar-refractivity contribution in [2.45, 2.75) is 25.8 Å². The van der Waals surface area contributed by atoms with Gasteiger partial charge in [0.2, 0.25) is 0 Å². The van der Waals surface area contributed by atoms with E-state index in [1.165, 1.54) is 6.21 Å². The second-order valence-corrected chi connectivity index (χ2v) is 5.15. The van der Waals surface area contributed by atoms with E-state index in [-0.39, 0.29) is 28.8 Å². The summed E-state index contributed by atoms with van der Waals surface area (Å²) in [4.78, 5) is 16.0. The van der Waals surface area contributed by atoms with Gasteiger partial charge in [-0.25, -0.2) is 13.6 Å². The van der Waals surface area contributed by atoms with Gasteiger partial charge in [-0.1, -0.05) is 11.6 Å². The molecule has 0 bridgehead atoms. The van der Waals surface area contributed by atoms with Crippen LogP contribution in [0.25, 0.3) is 5.76 Å². The molecular formula is C15H14ClF2NO3. The third-order valence-electron chi connectivity index (χ3n) is 2.98. The summed E-state index contributed by atoms with van der Waals surface area (Å²) in [5.41, 5.74) is -0.451. The van der Waals surface area contributed by atoms with Crippen molar-refractivity contribution in [3.05, 3.63) is 39.9 Å². The maximum Gasteiger partial charge on any atom is 0.343 e. The van der Waals surface area contributed by atoms with E-state index < -0.39 is 23.4 Å². The fourth-order valence-corrected chi connectivity index (χ4v) is 1.91. The van der Waals surface area contributed by atoms with Gasteiger partial charge < -0.3 is 9.84 Å². The van der Waals surface area contributed by atoms with Crippen molar-refractivity contribution in [3.8, 4) is 0 Å². The number of carbonyl (C=O) groups excluding carboxylic acids is 1. The molecule has 1 aromatic carbocycles. The highest BCUT2D eigenvalue weighted by Gasteiger charge is 2.23. The van der Waals surface area contributed by atoms with Gasteiger partial charge in [0.1, 0.15) is 11.3 Å². The van der Waals surface area contributed by atoms with Gasteiger partial charge in [-0.2, -0.15) is 0 Å². The maximum absolute atomic E-state index is 13.3. The quantitative estimate of drug-likeness (QED) is 0.295. The Morgan fingerprint density at radius 2 is 2.09 bits per heavy atom. The van der Waals surface area contributed by atoms with Gasteiger partial charge in [0.25, 0.3) is 0 Å². The van der Waals surface area contributed by atoms with E-state index in [0.29, 0.717) is 0 Å². The summed E-state index contributed by atoms with van der Waals surface area (Å²) in [6.07, 6.45) is 2.99. The van der Waals surface area contributed by atoms with E-state index in [2.05, 4.69) is 4.99 Å². The van der Waals surface area contributed by atoms with Crippen LogP contribution in [0.2, 0.25) is 5.02 Å². The van der Waals surface area contributed by atoms with Gasteiger partial charge in [0.05, 0.1) is 17.7 Å². The lowest BCUT2D eigenvalue weighted by Gasteiger charge is -2.09. The Morgan fingerprint density at radius 3 is 2.68 bits per heavy atom. The van der Waals surface area contributed by atoms with E-state index in [0.717, 1.165) is 25.0 Å². The molecule has 1 aliphatic carbocycles. The Balaban J connectivity index is 2.47. The summed E-state index contributed by atoms with van der Waals surface area (Å²) in [5, 5.41) is 10.00. The van der Waals surface area contributed by atoms with Gasteiger partial charge in [-0.3, -0.25) is 4.99 Å². The number of aliphatic hydroxyl groups excluding tert-OH is 1. The monoisotopic (exact) mass is 329 g/mol. The molecule has 0 radical (unpaired) electrons. The molecule has 0 atom stereocenters. The van der Waals surface area contributed by atoms with Gasteiger partial charge in [0.15, 0.2) is 11.6 Å². The molecule has 4 nitrogen and oxygen atoms in total. The molecule has 22 heavy (non-hydrogen) atoms. The average molecular weight is 330 g/mol. The number of aliphatic hydroxyl groups is 1. The van der Waals surface area contributed by atoms with E-state index in [9.17, 15) is 18.7 Å². The number of benzene rings is 1. The topological polar surface area (TPSA) is 58.9 Å². The van der Waals surface area contributed by atoms with Gasteiger partial charge in [-0.05, 0) is 31.9 Å². The molecule has 0 saturated heterocycles. The molecule has 7 heteroatoms. The second-order valence-electron chi connectivity index (χ2n) is 4.74. The molecule has 1 aliphatic rings. The largest absolute Gasteiger partial charge is 0.506 e. The van der Waals surface area contributed by atoms with Crippen molar-refractivity contribution in [1.29, 1.82) is 0 Å². The lowest BCUT2D eigenvalue weighted by atomic mass is 10.1. The number of carbonyl (C=O) groups is 1. The molecule has 2 rings (SSSR count). The predicted octanol–water partition coefficient (Wildman–Crippen LogP) is 3.68. The third kappa shape index (κ3) is 3.82. The molecular weight excluding hydrogens is 316 g/mol. The SMILES string of the molecule is CCOC(=O)/C(C=NC1CC1)=C(\O)c1cc(F)c(F)cc1Cl. The minimum Gasteiger partial charge on any atom is -0.506 e. The molecule has 118 valence electrons. The second kappa shape index (κ2) is 6.87. The molecule has 0 aliphatic heterocycles. The van der Waals surface area contributed by atoms with E-state index in [1.807, 2.05) is 0 Å². The molecule has 0 unspecified atom stereocenters. The van der Waals surface area contributed by atoms with Crippen LogP contribution >= 0.6 is 11.6 Å². The molecule has 0 spiro atoms. The Kier molecular flexibility index (Phi) is 5.13. The molecule has 0 heterocycles. The Hall–Kier alpha value is -1.95. The zero-order chi connectivity index (χ0) is 16.3. The fraction of sp³-hybridized carbons (Fsp3) is 0.333. The highest BCUT2D eigenvalue weighted by Crippen LogP contribution is 2.28. The molecule has 1 fully saturated rings. The molecule has 0 amide bonds. The van der Waals surface area contributed by atoms with Crippen LogP contribution in [0.15, 0.2) is 22.7 Å². The smallest absolute Gasteiger partial charge is 0.343 e. The first-order valence-corrected chi connectivity index (χ1v) is 7.10. The summed E-state index contributed by atoms with van der Waals surface area (Å²) in [5.74, 6) is -3.75. The summed E-state index contributed by atoms with van der Waals surface area (Å²) < 4.78 is 31.3. The van der Waals surface area contributed by atoms with Crippen molar-refractivity contribution in [1.82, 2.24) is 0 Å². The van der Waals surface area contributed by atoms with Crippen LogP contribution in [-0.4, -0.2) is 29.9 Å². The maximum atomic E-state index is 13.3. The Labute approximate surface area is 131 Å². The number of aliphatic imine (C=N–C) groups is 1. The highest BCUT2D eigenvalue weighted by atomic mass is 35.5. The number of nitrogens with zero attached hydrogens (tertiary/aromatic N) is 1. The third-order valence-corrected chi connectivity index (χ3v) is 3.29. The summed E-state index contributed by atoms with van der Waals surface area (Å²) in [6.45, 7) is 1.70. The highest BCUT2D eigenvalue weighted by molar-refractivity contribution is 6.32. The van der Waals surface area contributed by atoms with Gasteiger partial charge in [0, 0.05) is 11.8 Å². The average Bonchev–Trinajstić information content (AvgIpc) is 3.27. The molecule has 1 N–H and O–H groups in total. The first-order chi connectivity index (χ1) is 10.4. The minimum absolute atomic E-state index is 0.0956. The predicted molar refractivity (Wildman–Crippen MR) is 79.1 cm³/mol. The Morgan fingerprint density at radius 1 is 1.45 bits per heavy atom. The van der Waals surface area contributed by atoms with Crippen LogP contribution in [0, 0.1) is 11.6 Å². The number of hydrogen-bond donors (Lipinski definition) is 1. The van der Waals surface area contributed by atoms with Crippen molar-refractivity contribution in [2.75, 3.05) is 6.61 Å². The zero-order valence-electron chi connectivity index (χ0n) is 11.8. The number of halogens is 3. The fourth-order valence-electron chi connectivity index (χ4n) is 1.67. The number of esters is 1.